The van der Waals surface area contributed by atoms with Crippen molar-refractivity contribution in [3.63, 3.8) is 0 Å². The van der Waals surface area contributed by atoms with Gasteiger partial charge in [-0.1, -0.05) is 18.2 Å². The van der Waals surface area contributed by atoms with Gasteiger partial charge in [0.25, 0.3) is 0 Å². The lowest BCUT2D eigenvalue weighted by molar-refractivity contribution is 0.00850. The van der Waals surface area contributed by atoms with Gasteiger partial charge in [0.2, 0.25) is 0 Å². The first-order chi connectivity index (χ1) is 10.3. The molecule has 2 rings (SSSR count). The highest BCUT2D eigenvalue weighted by Crippen LogP contribution is 2.25. The first kappa shape index (κ1) is 16.7. The summed E-state index contributed by atoms with van der Waals surface area (Å²) in [5.41, 5.74) is 2.22. The number of aromatic nitrogens is 2. The van der Waals surface area contributed by atoms with Gasteiger partial charge in [0.05, 0.1) is 12.1 Å². The van der Waals surface area contributed by atoms with E-state index in [1.165, 1.54) is 5.56 Å². The number of ether oxygens (including phenoxy) is 1. The average molecular weight is 301 g/mol. The number of rotatable bonds is 6. The first-order valence-electron chi connectivity index (χ1n) is 7.67. The number of nitrogens with zero attached hydrogens (tertiary/aromatic N) is 3. The van der Waals surface area contributed by atoms with Gasteiger partial charge in [0.1, 0.15) is 5.82 Å². The first-order valence-corrected chi connectivity index (χ1v) is 7.67. The maximum atomic E-state index is 5.54. The Morgan fingerprint density at radius 3 is 2.68 bits per heavy atom. The largest absolute Gasteiger partial charge is 0.377 e. The molecule has 1 aromatic carbocycles. The summed E-state index contributed by atoms with van der Waals surface area (Å²) in [6.45, 7) is 7.15. The molecular formula is C18H27N3O. The van der Waals surface area contributed by atoms with E-state index in [1.54, 1.807) is 7.11 Å². The zero-order valence-corrected chi connectivity index (χ0v) is 14.5. The molecule has 0 aliphatic rings. The molecule has 0 amide bonds. The van der Waals surface area contributed by atoms with Crippen LogP contribution in [0.25, 0.3) is 11.4 Å². The number of hydrogen-bond acceptors (Lipinski definition) is 3. The quantitative estimate of drug-likeness (QED) is 0.816. The molecule has 1 unspecified atom stereocenters. The van der Waals surface area contributed by atoms with Crippen LogP contribution in [0.2, 0.25) is 0 Å². The minimum atomic E-state index is -0.218. The highest BCUT2D eigenvalue weighted by atomic mass is 16.5. The molecule has 0 spiro atoms. The molecule has 0 aliphatic heterocycles. The van der Waals surface area contributed by atoms with Crippen LogP contribution in [0.4, 0.5) is 0 Å². The molecule has 120 valence electrons. The Hall–Kier alpha value is -1.65. The Morgan fingerprint density at radius 1 is 1.32 bits per heavy atom. The van der Waals surface area contributed by atoms with Crippen LogP contribution < -0.4 is 0 Å². The van der Waals surface area contributed by atoms with E-state index in [1.807, 2.05) is 12.4 Å². The maximum absolute atomic E-state index is 5.54. The van der Waals surface area contributed by atoms with Crippen LogP contribution in [0.5, 0.6) is 0 Å². The predicted molar refractivity (Wildman–Crippen MR) is 90.9 cm³/mol. The van der Waals surface area contributed by atoms with Crippen LogP contribution in [-0.2, 0) is 11.3 Å². The summed E-state index contributed by atoms with van der Waals surface area (Å²) in [5.74, 6) is 0.984. The topological polar surface area (TPSA) is 30.3 Å². The fourth-order valence-corrected chi connectivity index (χ4v) is 2.41. The molecule has 2 aromatic rings. The second-order valence-corrected chi connectivity index (χ2v) is 6.61. The molecular weight excluding hydrogens is 274 g/mol. The monoisotopic (exact) mass is 301 g/mol. The van der Waals surface area contributed by atoms with Crippen LogP contribution in [0.3, 0.4) is 0 Å². The standard InChI is InChI=1S/C18H27N3O/c1-14(20(4)5)15-8-7-9-16(12-15)17-19-10-11-21(17)13-18(2,3)22-6/h7-12,14H,13H2,1-6H3. The summed E-state index contributed by atoms with van der Waals surface area (Å²) in [7, 11) is 5.94. The van der Waals surface area contributed by atoms with E-state index in [-0.39, 0.29) is 5.60 Å². The molecule has 0 fully saturated rings. The second kappa shape index (κ2) is 6.63. The van der Waals surface area contributed by atoms with Crippen LogP contribution in [0, 0.1) is 0 Å². The van der Waals surface area contributed by atoms with E-state index >= 15 is 0 Å². The summed E-state index contributed by atoms with van der Waals surface area (Å²) in [4.78, 5) is 6.75. The van der Waals surface area contributed by atoms with Gasteiger partial charge >= 0.3 is 0 Å². The third kappa shape index (κ3) is 3.76. The van der Waals surface area contributed by atoms with Crippen molar-refractivity contribution in [2.45, 2.75) is 39.0 Å². The molecule has 4 nitrogen and oxygen atoms in total. The van der Waals surface area contributed by atoms with Gasteiger partial charge in [0.15, 0.2) is 0 Å². The van der Waals surface area contributed by atoms with Crippen molar-refractivity contribution in [3.8, 4) is 11.4 Å². The van der Waals surface area contributed by atoms with Gasteiger partial charge in [-0.2, -0.15) is 0 Å². The van der Waals surface area contributed by atoms with Crippen LogP contribution in [-0.4, -0.2) is 41.3 Å². The van der Waals surface area contributed by atoms with Gasteiger partial charge in [-0.3, -0.25) is 0 Å². The van der Waals surface area contributed by atoms with Crippen molar-refractivity contribution >= 4 is 0 Å². The third-order valence-electron chi connectivity index (χ3n) is 4.22. The van der Waals surface area contributed by atoms with Gasteiger partial charge in [-0.25, -0.2) is 4.98 Å². The Labute approximate surface area is 133 Å². The zero-order valence-electron chi connectivity index (χ0n) is 14.5. The van der Waals surface area contributed by atoms with Gasteiger partial charge in [-0.05, 0) is 46.5 Å². The fourth-order valence-electron chi connectivity index (χ4n) is 2.41. The highest BCUT2D eigenvalue weighted by Gasteiger charge is 2.19. The Bertz CT molecular complexity index is 616. The lowest BCUT2D eigenvalue weighted by atomic mass is 10.0. The molecule has 1 heterocycles. The summed E-state index contributed by atoms with van der Waals surface area (Å²) < 4.78 is 7.70. The van der Waals surface area contributed by atoms with E-state index in [9.17, 15) is 0 Å². The van der Waals surface area contributed by atoms with Crippen molar-refractivity contribution in [2.75, 3.05) is 21.2 Å². The molecule has 0 bridgehead atoms. The normalized spacial score (nSPS) is 13.6. The fraction of sp³-hybridized carbons (Fsp3) is 0.500. The molecule has 1 atom stereocenters. The van der Waals surface area contributed by atoms with Crippen LogP contribution in [0.15, 0.2) is 36.7 Å². The van der Waals surface area contributed by atoms with Crippen molar-refractivity contribution < 1.29 is 4.74 Å². The minimum Gasteiger partial charge on any atom is -0.377 e. The van der Waals surface area contributed by atoms with Gasteiger partial charge in [-0.15, -0.1) is 0 Å². The van der Waals surface area contributed by atoms with Crippen molar-refractivity contribution in [2.24, 2.45) is 0 Å². The molecule has 0 N–H and O–H groups in total. The summed E-state index contributed by atoms with van der Waals surface area (Å²) in [5, 5.41) is 0. The van der Waals surface area contributed by atoms with Crippen molar-refractivity contribution in [1.29, 1.82) is 0 Å². The van der Waals surface area contributed by atoms with E-state index < -0.39 is 0 Å². The van der Waals surface area contributed by atoms with E-state index in [4.69, 9.17) is 4.74 Å². The van der Waals surface area contributed by atoms with Crippen molar-refractivity contribution in [1.82, 2.24) is 14.5 Å². The van der Waals surface area contributed by atoms with Gasteiger partial charge in [0, 0.05) is 31.1 Å². The van der Waals surface area contributed by atoms with Gasteiger partial charge < -0.3 is 14.2 Å². The van der Waals surface area contributed by atoms with Crippen LogP contribution in [0.1, 0.15) is 32.4 Å². The number of methoxy groups -OCH3 is 1. The van der Waals surface area contributed by atoms with E-state index in [0.29, 0.717) is 6.04 Å². The molecule has 0 radical (unpaired) electrons. The number of hydrogen-bond donors (Lipinski definition) is 0. The molecule has 0 aliphatic carbocycles. The molecule has 1 aromatic heterocycles. The highest BCUT2D eigenvalue weighted by molar-refractivity contribution is 5.57. The minimum absolute atomic E-state index is 0.218. The third-order valence-corrected chi connectivity index (χ3v) is 4.22. The van der Waals surface area contributed by atoms with Crippen molar-refractivity contribution in [3.05, 3.63) is 42.2 Å². The molecule has 0 saturated heterocycles. The summed E-state index contributed by atoms with van der Waals surface area (Å²) in [6, 6.07) is 8.98. The average Bonchev–Trinajstić information content (AvgIpc) is 2.94. The summed E-state index contributed by atoms with van der Waals surface area (Å²) in [6.07, 6.45) is 3.86. The summed E-state index contributed by atoms with van der Waals surface area (Å²) >= 11 is 0. The van der Waals surface area contributed by atoms with Crippen LogP contribution >= 0.6 is 0 Å². The lowest BCUT2D eigenvalue weighted by Crippen LogP contribution is -2.29. The smallest absolute Gasteiger partial charge is 0.139 e. The lowest BCUT2D eigenvalue weighted by Gasteiger charge is -2.24. The zero-order chi connectivity index (χ0) is 16.3. The maximum Gasteiger partial charge on any atom is 0.139 e. The Balaban J connectivity index is 2.34. The predicted octanol–water partition coefficient (Wildman–Crippen LogP) is 3.60. The SMILES string of the molecule is COC(C)(C)Cn1ccnc1-c1cccc(C(C)N(C)C)c1. The number of benzene rings is 1. The van der Waals surface area contributed by atoms with E-state index in [2.05, 4.69) is 73.6 Å². The second-order valence-electron chi connectivity index (χ2n) is 6.61. The molecule has 0 saturated carbocycles. The Kier molecular flexibility index (Phi) is 5.04. The molecule has 22 heavy (non-hydrogen) atoms. The Morgan fingerprint density at radius 2 is 2.05 bits per heavy atom. The molecule has 4 heteroatoms. The number of imidazole rings is 1. The van der Waals surface area contributed by atoms with E-state index in [0.717, 1.165) is 17.9 Å².